The van der Waals surface area contributed by atoms with Gasteiger partial charge in [-0.3, -0.25) is 4.90 Å². The van der Waals surface area contributed by atoms with Crippen molar-refractivity contribution in [3.63, 3.8) is 0 Å². The van der Waals surface area contributed by atoms with Crippen molar-refractivity contribution in [3.8, 4) is 11.5 Å². The maximum absolute atomic E-state index is 14.6. The van der Waals surface area contributed by atoms with Crippen LogP contribution in [0.5, 0.6) is 11.5 Å². The largest absolute Gasteiger partial charge is 0.573 e. The lowest BCUT2D eigenvalue weighted by molar-refractivity contribution is -0.274. The van der Waals surface area contributed by atoms with Gasteiger partial charge in [0.15, 0.2) is 0 Å². The molecule has 0 amide bonds. The van der Waals surface area contributed by atoms with Gasteiger partial charge in [0.2, 0.25) is 0 Å². The van der Waals surface area contributed by atoms with E-state index < -0.39 is 18.2 Å². The third kappa shape index (κ3) is 6.64. The van der Waals surface area contributed by atoms with Crippen molar-refractivity contribution in [1.82, 2.24) is 10.2 Å². The molecule has 2 aromatic carbocycles. The maximum Gasteiger partial charge on any atom is 0.573 e. The highest BCUT2D eigenvalue weighted by Gasteiger charge is 2.31. The van der Waals surface area contributed by atoms with Crippen LogP contribution in [-0.2, 0) is 0 Å². The van der Waals surface area contributed by atoms with E-state index in [9.17, 15) is 17.6 Å². The van der Waals surface area contributed by atoms with Crippen molar-refractivity contribution in [2.24, 2.45) is 0 Å². The van der Waals surface area contributed by atoms with Gasteiger partial charge in [-0.1, -0.05) is 12.1 Å². The normalized spacial score (nSPS) is 15.6. The van der Waals surface area contributed by atoms with Gasteiger partial charge in [0, 0.05) is 31.7 Å². The van der Waals surface area contributed by atoms with Gasteiger partial charge in [-0.05, 0) is 35.9 Å². The van der Waals surface area contributed by atoms with Gasteiger partial charge in [0.1, 0.15) is 17.3 Å². The van der Waals surface area contributed by atoms with Crippen LogP contribution in [0.25, 0.3) is 0 Å². The lowest BCUT2D eigenvalue weighted by atomic mass is 9.95. The van der Waals surface area contributed by atoms with Gasteiger partial charge >= 0.3 is 6.36 Å². The Bertz CT molecular complexity index is 770. The van der Waals surface area contributed by atoms with Crippen molar-refractivity contribution in [2.75, 3.05) is 33.3 Å². The summed E-state index contributed by atoms with van der Waals surface area (Å²) in [7, 11) is 1.50. The molecule has 1 heterocycles. The zero-order valence-electron chi connectivity index (χ0n) is 15.5. The minimum absolute atomic E-state index is 0. The van der Waals surface area contributed by atoms with Crippen LogP contribution >= 0.6 is 24.8 Å². The summed E-state index contributed by atoms with van der Waals surface area (Å²) >= 11 is 0. The topological polar surface area (TPSA) is 33.7 Å². The number of nitrogens with zero attached hydrogens (tertiary/aromatic N) is 1. The molecule has 1 N–H and O–H groups in total. The lowest BCUT2D eigenvalue weighted by Crippen LogP contribution is -2.45. The monoisotopic (exact) mass is 456 g/mol. The molecule has 1 aliphatic heterocycles. The second-order valence-corrected chi connectivity index (χ2v) is 6.19. The van der Waals surface area contributed by atoms with Crippen molar-refractivity contribution in [3.05, 3.63) is 59.4 Å². The molecule has 0 saturated carbocycles. The van der Waals surface area contributed by atoms with Crippen LogP contribution in [0, 0.1) is 5.82 Å². The van der Waals surface area contributed by atoms with E-state index in [2.05, 4.69) is 15.0 Å². The summed E-state index contributed by atoms with van der Waals surface area (Å²) in [5, 5.41) is 3.24. The zero-order valence-corrected chi connectivity index (χ0v) is 17.2. The van der Waals surface area contributed by atoms with E-state index in [1.165, 1.54) is 43.5 Å². The summed E-state index contributed by atoms with van der Waals surface area (Å²) in [4.78, 5) is 2.09. The molecule has 0 radical (unpaired) electrons. The Morgan fingerprint density at radius 3 is 2.10 bits per heavy atom. The molecule has 1 aliphatic rings. The zero-order chi connectivity index (χ0) is 19.4. The molecule has 2 aromatic rings. The standard InChI is InChI=1S/C19H20F4N2O2.2ClH/c1-26-15-6-7-17(20)16(12-15)18(25-10-8-24-9-11-25)13-2-4-14(5-3-13)27-19(21,22)23;;/h2-7,12,18,24H,8-11H2,1H3;2*1H/t18-;;/m1../s1. The number of hydrogen-bond acceptors (Lipinski definition) is 4. The summed E-state index contributed by atoms with van der Waals surface area (Å²) in [6.07, 6.45) is -4.75. The van der Waals surface area contributed by atoms with E-state index in [0.29, 0.717) is 30.0 Å². The fourth-order valence-electron chi connectivity index (χ4n) is 3.24. The predicted molar refractivity (Wildman–Crippen MR) is 107 cm³/mol. The number of alkyl halides is 3. The molecule has 0 bridgehead atoms. The average Bonchev–Trinajstić information content (AvgIpc) is 2.64. The van der Waals surface area contributed by atoms with Crippen LogP contribution in [0.3, 0.4) is 0 Å². The molecular weight excluding hydrogens is 435 g/mol. The van der Waals surface area contributed by atoms with E-state index in [-0.39, 0.29) is 30.6 Å². The second-order valence-electron chi connectivity index (χ2n) is 6.19. The van der Waals surface area contributed by atoms with E-state index in [1.54, 1.807) is 6.07 Å². The van der Waals surface area contributed by atoms with E-state index in [0.717, 1.165) is 13.1 Å². The molecule has 1 atom stereocenters. The Hall–Kier alpha value is -1.74. The van der Waals surface area contributed by atoms with Gasteiger partial charge in [0.05, 0.1) is 13.2 Å². The minimum Gasteiger partial charge on any atom is -0.497 e. The summed E-state index contributed by atoms with van der Waals surface area (Å²) in [6.45, 7) is 2.86. The summed E-state index contributed by atoms with van der Waals surface area (Å²) in [5.41, 5.74) is 1.10. The number of piperazine rings is 1. The molecule has 162 valence electrons. The van der Waals surface area contributed by atoms with Gasteiger partial charge in [-0.2, -0.15) is 0 Å². The quantitative estimate of drug-likeness (QED) is 0.668. The van der Waals surface area contributed by atoms with Gasteiger partial charge < -0.3 is 14.8 Å². The van der Waals surface area contributed by atoms with Gasteiger partial charge in [-0.25, -0.2) is 4.39 Å². The predicted octanol–water partition coefficient (Wildman–Crippen LogP) is 4.57. The van der Waals surface area contributed by atoms with Crippen LogP contribution in [0.1, 0.15) is 17.2 Å². The highest BCUT2D eigenvalue weighted by atomic mass is 35.5. The Morgan fingerprint density at radius 1 is 0.966 bits per heavy atom. The molecule has 1 fully saturated rings. The molecule has 1 saturated heterocycles. The van der Waals surface area contributed by atoms with Crippen molar-refractivity contribution >= 4 is 24.8 Å². The number of methoxy groups -OCH3 is 1. The average molecular weight is 457 g/mol. The molecule has 0 aliphatic carbocycles. The second kappa shape index (κ2) is 10.9. The molecule has 3 rings (SSSR count). The Morgan fingerprint density at radius 2 is 1.55 bits per heavy atom. The van der Waals surface area contributed by atoms with Crippen molar-refractivity contribution in [2.45, 2.75) is 12.4 Å². The highest BCUT2D eigenvalue weighted by molar-refractivity contribution is 5.85. The molecular formula is C19H22Cl2F4N2O2. The fourth-order valence-corrected chi connectivity index (χ4v) is 3.24. The van der Waals surface area contributed by atoms with Gasteiger partial charge in [-0.15, -0.1) is 38.0 Å². The first-order chi connectivity index (χ1) is 12.9. The molecule has 0 aromatic heterocycles. The Balaban J connectivity index is 0.00000210. The number of hydrogen-bond donors (Lipinski definition) is 1. The van der Waals surface area contributed by atoms with Crippen LogP contribution in [0.15, 0.2) is 42.5 Å². The van der Waals surface area contributed by atoms with E-state index >= 15 is 0 Å². The van der Waals surface area contributed by atoms with Crippen molar-refractivity contribution < 1.29 is 27.0 Å². The first-order valence-corrected chi connectivity index (χ1v) is 8.51. The first-order valence-electron chi connectivity index (χ1n) is 8.51. The molecule has 29 heavy (non-hydrogen) atoms. The number of nitrogens with one attached hydrogen (secondary N) is 1. The van der Waals surface area contributed by atoms with Crippen LogP contribution in [0.2, 0.25) is 0 Å². The number of halogens is 6. The molecule has 10 heteroatoms. The highest BCUT2D eigenvalue weighted by Crippen LogP contribution is 2.34. The third-order valence-electron chi connectivity index (χ3n) is 4.44. The first kappa shape index (κ1) is 25.3. The number of benzene rings is 2. The maximum atomic E-state index is 14.6. The van der Waals surface area contributed by atoms with Crippen LogP contribution in [-0.4, -0.2) is 44.6 Å². The lowest BCUT2D eigenvalue weighted by Gasteiger charge is -2.35. The third-order valence-corrected chi connectivity index (χ3v) is 4.44. The SMILES string of the molecule is COc1ccc(F)c([C@@H](c2ccc(OC(F)(F)F)cc2)N2CCNCC2)c1.Cl.Cl. The van der Waals surface area contributed by atoms with E-state index in [4.69, 9.17) is 4.74 Å². The molecule has 4 nitrogen and oxygen atoms in total. The van der Waals surface area contributed by atoms with Crippen LogP contribution < -0.4 is 14.8 Å². The summed E-state index contributed by atoms with van der Waals surface area (Å²) in [6, 6.07) is 9.62. The molecule has 0 unspecified atom stereocenters. The summed E-state index contributed by atoms with van der Waals surface area (Å²) in [5.74, 6) is -0.185. The Labute approximate surface area is 179 Å². The van der Waals surface area contributed by atoms with E-state index in [1.807, 2.05) is 0 Å². The van der Waals surface area contributed by atoms with Gasteiger partial charge in [0.25, 0.3) is 0 Å². The molecule has 0 spiro atoms. The van der Waals surface area contributed by atoms with Crippen LogP contribution in [0.4, 0.5) is 17.6 Å². The number of ether oxygens (including phenoxy) is 2. The Kier molecular flexibility index (Phi) is 9.48. The number of rotatable bonds is 5. The van der Waals surface area contributed by atoms with Crippen molar-refractivity contribution in [1.29, 1.82) is 0 Å². The summed E-state index contributed by atoms with van der Waals surface area (Å²) < 4.78 is 60.9. The smallest absolute Gasteiger partial charge is 0.497 e. The fraction of sp³-hybridized carbons (Fsp3) is 0.368. The minimum atomic E-state index is -4.75.